The third kappa shape index (κ3) is 4.35. The van der Waals surface area contributed by atoms with Gasteiger partial charge in [-0.3, -0.25) is 14.2 Å². The van der Waals surface area contributed by atoms with Gasteiger partial charge in [0.2, 0.25) is 5.91 Å². The van der Waals surface area contributed by atoms with Crippen LogP contribution in [0.3, 0.4) is 0 Å². The van der Waals surface area contributed by atoms with Gasteiger partial charge in [0.1, 0.15) is 11.5 Å². The number of carbonyl (C=O) groups is 1. The second kappa shape index (κ2) is 9.82. The molecular formula is C33H29FN4O3. The third-order valence-corrected chi connectivity index (χ3v) is 8.42. The van der Waals surface area contributed by atoms with Crippen molar-refractivity contribution in [2.24, 2.45) is 0 Å². The maximum atomic E-state index is 15.2. The lowest BCUT2D eigenvalue weighted by molar-refractivity contribution is -0.128. The molecule has 1 aliphatic carbocycles. The molecule has 0 unspecified atom stereocenters. The summed E-state index contributed by atoms with van der Waals surface area (Å²) in [6, 6.07) is 14.7. The van der Waals surface area contributed by atoms with Crippen molar-refractivity contribution in [3.8, 4) is 16.8 Å². The number of aromatic amines is 1. The van der Waals surface area contributed by atoms with Gasteiger partial charge in [-0.05, 0) is 83.2 Å². The zero-order valence-corrected chi connectivity index (χ0v) is 22.7. The van der Waals surface area contributed by atoms with Gasteiger partial charge in [0.25, 0.3) is 5.56 Å². The Morgan fingerprint density at radius 1 is 1.15 bits per heavy atom. The minimum absolute atomic E-state index is 0.0527. The Morgan fingerprint density at radius 3 is 2.73 bits per heavy atom. The van der Waals surface area contributed by atoms with Crippen LogP contribution in [0, 0.1) is 5.82 Å². The SMILES string of the molecule is CC(=O)N1CC=C(c2cc3c(-c4cccc(-n5ccc6cc(C7CC7)cc(F)c6c5=O)c4CO)ccnc3[nH]2)CC1. The Balaban J connectivity index is 1.33. The Kier molecular flexibility index (Phi) is 6.08. The largest absolute Gasteiger partial charge is 0.392 e. The van der Waals surface area contributed by atoms with Gasteiger partial charge in [0.05, 0.1) is 17.7 Å². The maximum Gasteiger partial charge on any atom is 0.265 e. The normalized spacial score (nSPS) is 15.5. The van der Waals surface area contributed by atoms with E-state index >= 15 is 4.39 Å². The molecule has 3 aromatic heterocycles. The summed E-state index contributed by atoms with van der Waals surface area (Å²) >= 11 is 0. The van der Waals surface area contributed by atoms with Crippen LogP contribution in [0.25, 0.3) is 44.2 Å². The summed E-state index contributed by atoms with van der Waals surface area (Å²) in [7, 11) is 0. The van der Waals surface area contributed by atoms with Crippen LogP contribution in [-0.4, -0.2) is 43.5 Å². The first kappa shape index (κ1) is 25.4. The maximum absolute atomic E-state index is 15.2. The van der Waals surface area contributed by atoms with E-state index in [2.05, 4.69) is 22.1 Å². The first-order chi connectivity index (χ1) is 19.9. The number of aliphatic hydroxyl groups excluding tert-OH is 1. The first-order valence-corrected chi connectivity index (χ1v) is 13.9. The molecule has 0 atom stereocenters. The van der Waals surface area contributed by atoms with Gasteiger partial charge < -0.3 is 15.0 Å². The molecule has 7 nitrogen and oxygen atoms in total. The molecule has 0 spiro atoms. The third-order valence-electron chi connectivity index (χ3n) is 8.42. The topological polar surface area (TPSA) is 91.2 Å². The van der Waals surface area contributed by atoms with E-state index < -0.39 is 11.4 Å². The van der Waals surface area contributed by atoms with Crippen molar-refractivity contribution in [2.45, 2.75) is 38.7 Å². The second-order valence-electron chi connectivity index (χ2n) is 10.9. The van der Waals surface area contributed by atoms with Gasteiger partial charge in [-0.2, -0.15) is 0 Å². The number of nitrogens with zero attached hydrogens (tertiary/aromatic N) is 3. The molecule has 2 N–H and O–H groups in total. The molecule has 206 valence electrons. The number of nitrogens with one attached hydrogen (secondary N) is 1. The lowest BCUT2D eigenvalue weighted by Gasteiger charge is -2.24. The number of aliphatic hydroxyl groups is 1. The van der Waals surface area contributed by atoms with E-state index in [0.29, 0.717) is 41.3 Å². The number of aromatic nitrogens is 3. The van der Waals surface area contributed by atoms with Gasteiger partial charge >= 0.3 is 0 Å². The minimum atomic E-state index is -0.510. The number of halogens is 1. The lowest BCUT2D eigenvalue weighted by Crippen LogP contribution is -2.32. The zero-order valence-electron chi connectivity index (χ0n) is 22.7. The number of hydrogen-bond donors (Lipinski definition) is 2. The summed E-state index contributed by atoms with van der Waals surface area (Å²) < 4.78 is 16.6. The van der Waals surface area contributed by atoms with Crippen LogP contribution in [0.1, 0.15) is 48.9 Å². The Bertz CT molecular complexity index is 1950. The number of amides is 1. The van der Waals surface area contributed by atoms with Gasteiger partial charge in [0.15, 0.2) is 0 Å². The smallest absolute Gasteiger partial charge is 0.265 e. The molecule has 0 saturated heterocycles. The van der Waals surface area contributed by atoms with Crippen molar-refractivity contribution >= 4 is 33.3 Å². The molecular weight excluding hydrogens is 519 g/mol. The van der Waals surface area contributed by atoms with E-state index in [-0.39, 0.29) is 17.9 Å². The Labute approximate surface area is 235 Å². The molecule has 1 amide bonds. The molecule has 2 aromatic carbocycles. The fourth-order valence-electron chi connectivity index (χ4n) is 6.05. The lowest BCUT2D eigenvalue weighted by atomic mass is 9.96. The van der Waals surface area contributed by atoms with Crippen molar-refractivity contribution in [1.82, 2.24) is 19.4 Å². The summed E-state index contributed by atoms with van der Waals surface area (Å²) in [5.41, 5.74) is 5.95. The van der Waals surface area contributed by atoms with E-state index in [1.807, 2.05) is 29.2 Å². The quantitative estimate of drug-likeness (QED) is 0.296. The van der Waals surface area contributed by atoms with Gasteiger partial charge in [-0.25, -0.2) is 9.37 Å². The van der Waals surface area contributed by atoms with E-state index in [1.165, 1.54) is 10.6 Å². The fraction of sp³-hybridized carbons (Fsp3) is 0.242. The van der Waals surface area contributed by atoms with Gasteiger partial charge in [-0.1, -0.05) is 24.3 Å². The summed E-state index contributed by atoms with van der Waals surface area (Å²) in [5, 5.41) is 12.1. The second-order valence-corrected chi connectivity index (χ2v) is 10.9. The first-order valence-electron chi connectivity index (χ1n) is 13.9. The predicted octanol–water partition coefficient (Wildman–Crippen LogP) is 5.68. The van der Waals surface area contributed by atoms with E-state index in [4.69, 9.17) is 0 Å². The van der Waals surface area contributed by atoms with E-state index in [9.17, 15) is 14.7 Å². The number of hydrogen-bond acceptors (Lipinski definition) is 4. The highest BCUT2D eigenvalue weighted by Gasteiger charge is 2.25. The molecule has 1 aliphatic heterocycles. The molecule has 4 heterocycles. The molecule has 1 fully saturated rings. The number of pyridine rings is 2. The van der Waals surface area contributed by atoms with Crippen LogP contribution >= 0.6 is 0 Å². The minimum Gasteiger partial charge on any atom is -0.392 e. The molecule has 0 radical (unpaired) electrons. The average Bonchev–Trinajstić information content (AvgIpc) is 3.74. The van der Waals surface area contributed by atoms with Crippen LogP contribution in [0.2, 0.25) is 0 Å². The number of fused-ring (bicyclic) bond motifs is 2. The molecule has 41 heavy (non-hydrogen) atoms. The van der Waals surface area contributed by atoms with Crippen LogP contribution in [0.15, 0.2) is 71.8 Å². The predicted molar refractivity (Wildman–Crippen MR) is 157 cm³/mol. The van der Waals surface area contributed by atoms with Crippen LogP contribution in [0.5, 0.6) is 0 Å². The molecule has 0 bridgehead atoms. The summed E-state index contributed by atoms with van der Waals surface area (Å²) in [6.07, 6.45) is 8.28. The highest BCUT2D eigenvalue weighted by atomic mass is 19.1. The number of carbonyl (C=O) groups excluding carboxylic acids is 1. The van der Waals surface area contributed by atoms with E-state index in [0.717, 1.165) is 52.6 Å². The van der Waals surface area contributed by atoms with Crippen molar-refractivity contribution in [3.63, 3.8) is 0 Å². The van der Waals surface area contributed by atoms with Gasteiger partial charge in [-0.15, -0.1) is 0 Å². The standard InChI is InChI=1S/C33H29FN4O3/c1-19(40)37-12-8-21(9-13-37)29-17-26-25(7-11-35-32(26)36-29)24-3-2-4-30(27(24)18-39)38-14-10-22-15-23(20-5-6-20)16-28(34)31(22)33(38)41/h2-4,7-8,10-11,14-17,20,39H,5-6,9,12-13,18H2,1H3,(H,35,36). The molecule has 5 aromatic rings. The number of benzene rings is 2. The van der Waals surface area contributed by atoms with Gasteiger partial charge in [0, 0.05) is 49.1 Å². The van der Waals surface area contributed by atoms with Crippen molar-refractivity contribution in [2.75, 3.05) is 13.1 Å². The summed E-state index contributed by atoms with van der Waals surface area (Å²) in [5.74, 6) is -0.0667. The van der Waals surface area contributed by atoms with E-state index in [1.54, 1.807) is 31.5 Å². The van der Waals surface area contributed by atoms with Crippen LogP contribution in [-0.2, 0) is 11.4 Å². The summed E-state index contributed by atoms with van der Waals surface area (Å²) in [6.45, 7) is 2.50. The highest BCUT2D eigenvalue weighted by molar-refractivity contribution is 5.97. The highest BCUT2D eigenvalue weighted by Crippen LogP contribution is 2.41. The van der Waals surface area contributed by atoms with Crippen molar-refractivity contribution in [3.05, 3.63) is 100.0 Å². The zero-order chi connectivity index (χ0) is 28.2. The summed E-state index contributed by atoms with van der Waals surface area (Å²) in [4.78, 5) is 35.1. The van der Waals surface area contributed by atoms with Crippen molar-refractivity contribution < 1.29 is 14.3 Å². The average molecular weight is 549 g/mol. The molecule has 8 heteroatoms. The monoisotopic (exact) mass is 548 g/mol. The fourth-order valence-corrected chi connectivity index (χ4v) is 6.05. The van der Waals surface area contributed by atoms with Crippen LogP contribution < -0.4 is 5.56 Å². The Hall–Kier alpha value is -4.56. The van der Waals surface area contributed by atoms with Crippen LogP contribution in [0.4, 0.5) is 4.39 Å². The van der Waals surface area contributed by atoms with Crippen molar-refractivity contribution in [1.29, 1.82) is 0 Å². The molecule has 7 rings (SSSR count). The number of rotatable bonds is 5. The number of H-pyrrole nitrogens is 1. The molecule has 1 saturated carbocycles. The molecule has 2 aliphatic rings. The Morgan fingerprint density at radius 2 is 2.00 bits per heavy atom.